The van der Waals surface area contributed by atoms with E-state index < -0.39 is 17.7 Å². The van der Waals surface area contributed by atoms with Gasteiger partial charge in [-0.05, 0) is 45.6 Å². The standard InChI is InChI=1S/C22H36N4O5/c1-22(2,3)31-21(29)26-12-8-7-11-18(23)20(28)25-14-13-24-15-19(27)30-16-17-9-5-4-6-10-17/h4-6,9-10,18,24H,7-8,11-16,23H2,1-3H3,(H,25,28)(H,26,29)/t18-/m0/s1. The Hall–Kier alpha value is -2.65. The first-order valence-corrected chi connectivity index (χ1v) is 10.6. The van der Waals surface area contributed by atoms with Crippen LogP contribution in [0.3, 0.4) is 0 Å². The zero-order chi connectivity index (χ0) is 23.1. The number of alkyl carbamates (subject to hydrolysis) is 1. The molecule has 0 aliphatic heterocycles. The summed E-state index contributed by atoms with van der Waals surface area (Å²) in [7, 11) is 0. The molecule has 1 aromatic carbocycles. The van der Waals surface area contributed by atoms with Crippen LogP contribution in [-0.4, -0.2) is 55.8 Å². The summed E-state index contributed by atoms with van der Waals surface area (Å²) in [5.74, 6) is -0.597. The third-order valence-corrected chi connectivity index (χ3v) is 4.06. The Morgan fingerprint density at radius 3 is 2.39 bits per heavy atom. The number of rotatable bonds is 13. The molecule has 1 aromatic rings. The molecule has 5 N–H and O–H groups in total. The van der Waals surface area contributed by atoms with Gasteiger partial charge in [0.1, 0.15) is 12.2 Å². The first-order valence-electron chi connectivity index (χ1n) is 10.6. The molecule has 9 nitrogen and oxygen atoms in total. The molecule has 1 atom stereocenters. The van der Waals surface area contributed by atoms with Crippen LogP contribution < -0.4 is 21.7 Å². The van der Waals surface area contributed by atoms with Crippen LogP contribution in [-0.2, 0) is 25.7 Å². The Kier molecular flexibility index (Phi) is 12.2. The summed E-state index contributed by atoms with van der Waals surface area (Å²) in [6.45, 7) is 6.97. The van der Waals surface area contributed by atoms with Crippen molar-refractivity contribution in [1.29, 1.82) is 0 Å². The Morgan fingerprint density at radius 2 is 1.71 bits per heavy atom. The number of carbonyl (C=O) groups excluding carboxylic acids is 3. The van der Waals surface area contributed by atoms with Crippen molar-refractivity contribution in [3.63, 3.8) is 0 Å². The number of nitrogens with one attached hydrogen (secondary N) is 3. The molecule has 0 unspecified atom stereocenters. The van der Waals surface area contributed by atoms with Crippen molar-refractivity contribution in [2.75, 3.05) is 26.2 Å². The Labute approximate surface area is 184 Å². The molecule has 0 saturated heterocycles. The van der Waals surface area contributed by atoms with Gasteiger partial charge in [0.15, 0.2) is 0 Å². The average molecular weight is 437 g/mol. The number of carbonyl (C=O) groups is 3. The quantitative estimate of drug-likeness (QED) is 0.272. The minimum absolute atomic E-state index is 0.0689. The molecule has 0 aliphatic carbocycles. The monoisotopic (exact) mass is 436 g/mol. The number of esters is 1. The number of amides is 2. The number of benzene rings is 1. The lowest BCUT2D eigenvalue weighted by Crippen LogP contribution is -2.43. The van der Waals surface area contributed by atoms with Gasteiger partial charge in [-0.3, -0.25) is 9.59 Å². The summed E-state index contributed by atoms with van der Waals surface area (Å²) in [6.07, 6.45) is 1.47. The van der Waals surface area contributed by atoms with Crippen LogP contribution in [0.4, 0.5) is 4.79 Å². The number of nitrogens with two attached hydrogens (primary N) is 1. The van der Waals surface area contributed by atoms with E-state index in [1.165, 1.54) is 0 Å². The van der Waals surface area contributed by atoms with E-state index in [1.807, 2.05) is 30.3 Å². The van der Waals surface area contributed by atoms with Crippen LogP contribution in [0, 0.1) is 0 Å². The van der Waals surface area contributed by atoms with E-state index in [-0.39, 0.29) is 25.0 Å². The molecule has 9 heteroatoms. The zero-order valence-corrected chi connectivity index (χ0v) is 18.7. The van der Waals surface area contributed by atoms with E-state index >= 15 is 0 Å². The second kappa shape index (κ2) is 14.4. The maximum absolute atomic E-state index is 12.0. The lowest BCUT2D eigenvalue weighted by molar-refractivity contribution is -0.143. The fraction of sp³-hybridized carbons (Fsp3) is 0.591. The van der Waals surface area contributed by atoms with Crippen molar-refractivity contribution >= 4 is 18.0 Å². The highest BCUT2D eigenvalue weighted by atomic mass is 16.6. The number of ether oxygens (including phenoxy) is 2. The molecule has 0 saturated carbocycles. The van der Waals surface area contributed by atoms with E-state index in [0.29, 0.717) is 38.9 Å². The average Bonchev–Trinajstić information content (AvgIpc) is 2.70. The van der Waals surface area contributed by atoms with Crippen molar-refractivity contribution in [2.24, 2.45) is 5.73 Å². The summed E-state index contributed by atoms with van der Waals surface area (Å²) in [4.78, 5) is 35.2. The van der Waals surface area contributed by atoms with Gasteiger partial charge in [0.25, 0.3) is 0 Å². The summed E-state index contributed by atoms with van der Waals surface area (Å²) in [6, 6.07) is 8.83. The van der Waals surface area contributed by atoms with Gasteiger partial charge in [0, 0.05) is 19.6 Å². The van der Waals surface area contributed by atoms with E-state index in [2.05, 4.69) is 16.0 Å². The summed E-state index contributed by atoms with van der Waals surface area (Å²) in [5.41, 5.74) is 6.28. The zero-order valence-electron chi connectivity index (χ0n) is 18.7. The van der Waals surface area contributed by atoms with E-state index in [1.54, 1.807) is 20.8 Å². The van der Waals surface area contributed by atoms with Crippen LogP contribution in [0.1, 0.15) is 45.6 Å². The second-order valence-corrected chi connectivity index (χ2v) is 8.15. The molecule has 2 amide bonds. The summed E-state index contributed by atoms with van der Waals surface area (Å²) in [5, 5.41) is 8.32. The molecule has 0 fully saturated rings. The van der Waals surface area contributed by atoms with Gasteiger partial charge < -0.3 is 31.2 Å². The van der Waals surface area contributed by atoms with Crippen molar-refractivity contribution in [2.45, 2.75) is 58.3 Å². The molecule has 0 heterocycles. The normalized spacial score (nSPS) is 12.0. The molecule has 0 spiro atoms. The smallest absolute Gasteiger partial charge is 0.407 e. The van der Waals surface area contributed by atoms with Gasteiger partial charge >= 0.3 is 12.1 Å². The number of unbranched alkanes of at least 4 members (excludes halogenated alkanes) is 1. The SMILES string of the molecule is CC(C)(C)OC(=O)NCCCC[C@H](N)C(=O)NCCNCC(=O)OCc1ccccc1. The maximum Gasteiger partial charge on any atom is 0.407 e. The van der Waals surface area contributed by atoms with Crippen LogP contribution in [0.15, 0.2) is 30.3 Å². The predicted molar refractivity (Wildman–Crippen MR) is 118 cm³/mol. The Bertz CT molecular complexity index is 676. The minimum atomic E-state index is -0.614. The van der Waals surface area contributed by atoms with Crippen LogP contribution in [0.25, 0.3) is 0 Å². The van der Waals surface area contributed by atoms with Crippen LogP contribution >= 0.6 is 0 Å². The van der Waals surface area contributed by atoms with E-state index in [4.69, 9.17) is 15.2 Å². The lowest BCUT2D eigenvalue weighted by atomic mass is 10.1. The third kappa shape index (κ3) is 14.1. The lowest BCUT2D eigenvalue weighted by Gasteiger charge is -2.19. The molecule has 31 heavy (non-hydrogen) atoms. The van der Waals surface area contributed by atoms with Crippen molar-refractivity contribution in [1.82, 2.24) is 16.0 Å². The van der Waals surface area contributed by atoms with Gasteiger partial charge in [-0.25, -0.2) is 4.79 Å². The summed E-state index contributed by atoms with van der Waals surface area (Å²) >= 11 is 0. The second-order valence-electron chi connectivity index (χ2n) is 8.15. The van der Waals surface area contributed by atoms with Crippen LogP contribution in [0.5, 0.6) is 0 Å². The minimum Gasteiger partial charge on any atom is -0.460 e. The van der Waals surface area contributed by atoms with E-state index in [0.717, 1.165) is 5.56 Å². The largest absolute Gasteiger partial charge is 0.460 e. The first kappa shape index (κ1) is 26.4. The van der Waals surface area contributed by atoms with Crippen molar-refractivity contribution < 1.29 is 23.9 Å². The Balaban J connectivity index is 2.01. The molecule has 174 valence electrons. The van der Waals surface area contributed by atoms with E-state index in [9.17, 15) is 14.4 Å². The third-order valence-electron chi connectivity index (χ3n) is 4.06. The van der Waals surface area contributed by atoms with Crippen LogP contribution in [0.2, 0.25) is 0 Å². The molecule has 0 aliphatic rings. The molecular weight excluding hydrogens is 400 g/mol. The van der Waals surface area contributed by atoms with Gasteiger partial charge in [-0.15, -0.1) is 0 Å². The van der Waals surface area contributed by atoms with Gasteiger partial charge in [0.2, 0.25) is 5.91 Å². The molecule has 0 radical (unpaired) electrons. The van der Waals surface area contributed by atoms with Gasteiger partial charge in [-0.1, -0.05) is 30.3 Å². The van der Waals surface area contributed by atoms with Gasteiger partial charge in [0.05, 0.1) is 12.6 Å². The molecule has 1 rings (SSSR count). The van der Waals surface area contributed by atoms with Crippen molar-refractivity contribution in [3.05, 3.63) is 35.9 Å². The maximum atomic E-state index is 12.0. The van der Waals surface area contributed by atoms with Crippen molar-refractivity contribution in [3.8, 4) is 0 Å². The first-order chi connectivity index (χ1) is 14.7. The fourth-order valence-corrected chi connectivity index (χ4v) is 2.51. The van der Waals surface area contributed by atoms with Gasteiger partial charge in [-0.2, -0.15) is 0 Å². The highest BCUT2D eigenvalue weighted by Crippen LogP contribution is 2.06. The fourth-order valence-electron chi connectivity index (χ4n) is 2.51. The molecular formula is C22H36N4O5. The molecule has 0 aromatic heterocycles. The Morgan fingerprint density at radius 1 is 1.00 bits per heavy atom. The predicted octanol–water partition coefficient (Wildman–Crippen LogP) is 1.46. The summed E-state index contributed by atoms with van der Waals surface area (Å²) < 4.78 is 10.3. The number of hydrogen-bond donors (Lipinski definition) is 4. The highest BCUT2D eigenvalue weighted by molar-refractivity contribution is 5.81. The number of hydrogen-bond acceptors (Lipinski definition) is 7. The molecule has 0 bridgehead atoms. The topological polar surface area (TPSA) is 132 Å². The highest BCUT2D eigenvalue weighted by Gasteiger charge is 2.16.